The Kier molecular flexibility index (Phi) is 8.90. The molecule has 1 N–H and O–H groups in total. The van der Waals surface area contributed by atoms with Crippen molar-refractivity contribution >= 4 is 37.4 Å². The highest BCUT2D eigenvalue weighted by atomic mass is 28.4. The molecule has 1 aliphatic heterocycles. The van der Waals surface area contributed by atoms with E-state index in [4.69, 9.17) is 9.16 Å². The Labute approximate surface area is 221 Å². The number of carbonyl (C=O) groups excluding carboxylic acids is 1. The molecule has 1 aliphatic rings. The van der Waals surface area contributed by atoms with E-state index in [9.17, 15) is 18.0 Å². The zero-order valence-electron chi connectivity index (χ0n) is 22.8. The zero-order valence-corrected chi connectivity index (χ0v) is 23.8. The Bertz CT molecular complexity index is 1240. The summed E-state index contributed by atoms with van der Waals surface area (Å²) in [5.74, 6) is 3.75. The lowest BCUT2D eigenvalue weighted by Crippen LogP contribution is -2.42. The van der Waals surface area contributed by atoms with Crippen LogP contribution in [0.3, 0.4) is 0 Å². The van der Waals surface area contributed by atoms with E-state index < -0.39 is 26.9 Å². The summed E-state index contributed by atoms with van der Waals surface area (Å²) in [6.45, 7) is 11.0. The molecule has 3 heterocycles. The largest absolute Gasteiger partial charge is 0.471 e. The molecule has 208 valence electrons. The van der Waals surface area contributed by atoms with Crippen molar-refractivity contribution in [2.75, 3.05) is 27.2 Å². The SMILES string of the molecule is CN(C)C=Nc1ncnc2c1c(C#CCNC(=O)C(F)(F)F)cn2[C@H]1CC[C@@H](CO[Si](C)(C)C(C)(C)C)O1. The lowest BCUT2D eigenvalue weighted by atomic mass is 10.2. The molecule has 0 aliphatic carbocycles. The minimum atomic E-state index is -4.97. The first-order valence-electron chi connectivity index (χ1n) is 12.3. The summed E-state index contributed by atoms with van der Waals surface area (Å²) in [4.78, 5) is 26.0. The number of amides is 1. The highest BCUT2D eigenvalue weighted by Gasteiger charge is 2.39. The van der Waals surface area contributed by atoms with E-state index in [1.54, 1.807) is 22.8 Å². The third-order valence-corrected chi connectivity index (χ3v) is 11.2. The van der Waals surface area contributed by atoms with Crippen molar-refractivity contribution in [3.63, 3.8) is 0 Å². The number of rotatable bonds is 7. The smallest absolute Gasteiger partial charge is 0.414 e. The van der Waals surface area contributed by atoms with Gasteiger partial charge in [0.2, 0.25) is 0 Å². The molecule has 0 aromatic carbocycles. The maximum absolute atomic E-state index is 12.5. The molecule has 13 heteroatoms. The van der Waals surface area contributed by atoms with E-state index in [0.29, 0.717) is 29.0 Å². The molecule has 0 spiro atoms. The van der Waals surface area contributed by atoms with E-state index in [-0.39, 0.29) is 17.4 Å². The van der Waals surface area contributed by atoms with Crippen molar-refractivity contribution in [2.24, 2.45) is 4.99 Å². The van der Waals surface area contributed by atoms with Gasteiger partial charge in [-0.25, -0.2) is 15.0 Å². The van der Waals surface area contributed by atoms with Crippen molar-refractivity contribution in [3.8, 4) is 11.8 Å². The monoisotopic (exact) mass is 552 g/mol. The van der Waals surface area contributed by atoms with E-state index in [1.807, 2.05) is 18.7 Å². The highest BCUT2D eigenvalue weighted by Crippen LogP contribution is 2.39. The number of alkyl halides is 3. The van der Waals surface area contributed by atoms with E-state index in [2.05, 4.69) is 60.7 Å². The Balaban J connectivity index is 1.87. The number of aromatic nitrogens is 3. The number of hydrogen-bond acceptors (Lipinski definition) is 6. The first-order valence-corrected chi connectivity index (χ1v) is 15.2. The van der Waals surface area contributed by atoms with Gasteiger partial charge in [0.25, 0.3) is 0 Å². The molecule has 2 aromatic rings. The van der Waals surface area contributed by atoms with Gasteiger partial charge in [-0.1, -0.05) is 32.6 Å². The maximum Gasteiger partial charge on any atom is 0.471 e. The van der Waals surface area contributed by atoms with Crippen LogP contribution >= 0.6 is 0 Å². The van der Waals surface area contributed by atoms with E-state index in [0.717, 1.165) is 12.8 Å². The summed E-state index contributed by atoms with van der Waals surface area (Å²) in [6, 6.07) is 0. The van der Waals surface area contributed by atoms with Gasteiger partial charge in [0, 0.05) is 20.3 Å². The van der Waals surface area contributed by atoms with Crippen LogP contribution in [0, 0.1) is 11.8 Å². The Morgan fingerprint density at radius 2 is 2.03 bits per heavy atom. The van der Waals surface area contributed by atoms with Gasteiger partial charge in [-0.05, 0) is 31.0 Å². The Morgan fingerprint density at radius 1 is 1.32 bits per heavy atom. The van der Waals surface area contributed by atoms with Crippen molar-refractivity contribution in [2.45, 2.75) is 70.3 Å². The maximum atomic E-state index is 12.5. The molecular weight excluding hydrogens is 517 g/mol. The second-order valence-corrected chi connectivity index (χ2v) is 15.7. The molecular formula is C25H35F3N6O3Si. The van der Waals surface area contributed by atoms with Crippen molar-refractivity contribution in [1.82, 2.24) is 24.8 Å². The molecule has 3 rings (SSSR count). The quantitative estimate of drug-likeness (QED) is 0.237. The van der Waals surface area contributed by atoms with Crippen LogP contribution in [0.15, 0.2) is 17.5 Å². The van der Waals surface area contributed by atoms with Crippen LogP contribution < -0.4 is 5.32 Å². The summed E-state index contributed by atoms with van der Waals surface area (Å²) in [6.07, 6.45) is 0.885. The second kappa shape index (κ2) is 11.4. The molecule has 1 saturated heterocycles. The number of halogens is 3. The molecule has 0 bridgehead atoms. The normalized spacial score (nSPS) is 18.6. The average Bonchev–Trinajstić information content (AvgIpc) is 3.42. The van der Waals surface area contributed by atoms with Gasteiger partial charge >= 0.3 is 12.1 Å². The fourth-order valence-electron chi connectivity index (χ4n) is 3.55. The van der Waals surface area contributed by atoms with Crippen molar-refractivity contribution in [3.05, 3.63) is 18.1 Å². The zero-order chi connectivity index (χ0) is 28.3. The van der Waals surface area contributed by atoms with Crippen LogP contribution in [0.5, 0.6) is 0 Å². The molecule has 9 nitrogen and oxygen atoms in total. The van der Waals surface area contributed by atoms with Crippen LogP contribution in [0.4, 0.5) is 19.0 Å². The molecule has 0 unspecified atom stereocenters. The number of fused-ring (bicyclic) bond motifs is 1. The minimum absolute atomic E-state index is 0.0771. The van der Waals surface area contributed by atoms with Gasteiger partial charge in [-0.3, -0.25) is 4.79 Å². The van der Waals surface area contributed by atoms with Gasteiger partial charge in [0.05, 0.1) is 36.5 Å². The fraction of sp³-hybridized carbons (Fsp3) is 0.600. The van der Waals surface area contributed by atoms with Gasteiger partial charge in [0.1, 0.15) is 18.2 Å². The summed E-state index contributed by atoms with van der Waals surface area (Å²) in [5.41, 5.74) is 1.02. The molecule has 2 atom stereocenters. The molecule has 0 radical (unpaired) electrons. The Hall–Kier alpha value is -2.95. The number of ether oxygens (including phenoxy) is 1. The van der Waals surface area contributed by atoms with Gasteiger partial charge in [-0.2, -0.15) is 13.2 Å². The summed E-state index contributed by atoms with van der Waals surface area (Å²) < 4.78 is 52.0. The highest BCUT2D eigenvalue weighted by molar-refractivity contribution is 6.74. The topological polar surface area (TPSA) is 93.9 Å². The first-order chi connectivity index (χ1) is 17.6. The predicted octanol–water partition coefficient (Wildman–Crippen LogP) is 4.38. The fourth-order valence-corrected chi connectivity index (χ4v) is 4.58. The van der Waals surface area contributed by atoms with Crippen LogP contribution in [-0.4, -0.2) is 79.5 Å². The van der Waals surface area contributed by atoms with Gasteiger partial charge in [-0.15, -0.1) is 0 Å². The molecule has 38 heavy (non-hydrogen) atoms. The van der Waals surface area contributed by atoms with Gasteiger partial charge < -0.3 is 23.9 Å². The van der Waals surface area contributed by atoms with Crippen LogP contribution in [0.2, 0.25) is 18.1 Å². The first kappa shape index (κ1) is 29.6. The predicted molar refractivity (Wildman–Crippen MR) is 142 cm³/mol. The van der Waals surface area contributed by atoms with Crippen molar-refractivity contribution in [1.29, 1.82) is 0 Å². The minimum Gasteiger partial charge on any atom is -0.414 e. The van der Waals surface area contributed by atoms with Crippen molar-refractivity contribution < 1.29 is 27.1 Å². The molecule has 0 saturated carbocycles. The summed E-state index contributed by atoms with van der Waals surface area (Å²) in [5, 5.41) is 2.39. The Morgan fingerprint density at radius 3 is 2.66 bits per heavy atom. The second-order valence-electron chi connectivity index (χ2n) is 10.9. The third-order valence-electron chi connectivity index (χ3n) is 6.65. The standard InChI is InChI=1S/C25H35F3N6O3Si/c1-24(2,3)38(6,7)36-14-18-10-11-19(37-18)34-13-17(9-8-12-29-23(35)25(26,27)28)20-21(32-16-33(4)5)30-15-31-22(20)34/h13,15-16,18-19H,10-12,14H2,1-7H3,(H,29,35)/t18-,19+/m0/s1. The summed E-state index contributed by atoms with van der Waals surface area (Å²) >= 11 is 0. The third kappa shape index (κ3) is 7.12. The molecule has 1 fully saturated rings. The van der Waals surface area contributed by atoms with E-state index in [1.165, 1.54) is 6.33 Å². The molecule has 1 amide bonds. The van der Waals surface area contributed by atoms with Crippen LogP contribution in [0.25, 0.3) is 11.0 Å². The number of hydrogen-bond donors (Lipinski definition) is 1. The van der Waals surface area contributed by atoms with Crippen LogP contribution in [0.1, 0.15) is 45.4 Å². The number of nitrogens with one attached hydrogen (secondary N) is 1. The lowest BCUT2D eigenvalue weighted by Gasteiger charge is -2.36. The van der Waals surface area contributed by atoms with Crippen LogP contribution in [-0.2, 0) is 14.0 Å². The lowest BCUT2D eigenvalue weighted by molar-refractivity contribution is -0.173. The number of nitrogens with zero attached hydrogens (tertiary/aromatic N) is 5. The number of carbonyl (C=O) groups is 1. The average molecular weight is 553 g/mol. The van der Waals surface area contributed by atoms with Gasteiger partial charge in [0.15, 0.2) is 14.1 Å². The molecule has 2 aromatic heterocycles. The number of aliphatic imine (C=N–C) groups is 1. The van der Waals surface area contributed by atoms with E-state index >= 15 is 0 Å². The summed E-state index contributed by atoms with van der Waals surface area (Å²) in [7, 11) is 1.71.